The predicted octanol–water partition coefficient (Wildman–Crippen LogP) is 6.31. The first kappa shape index (κ1) is 18.0. The third-order valence-electron chi connectivity index (χ3n) is 4.32. The largest absolute Gasteiger partial charge is 0.322 e. The zero-order chi connectivity index (χ0) is 19.3. The van der Waals surface area contributed by atoms with E-state index >= 15 is 0 Å². The summed E-state index contributed by atoms with van der Waals surface area (Å²) in [5.41, 5.74) is 4.12. The number of hydrogen-bond acceptors (Lipinski definition) is 2. The molecule has 0 aliphatic carbocycles. The first-order chi connectivity index (χ1) is 13.7. The van der Waals surface area contributed by atoms with Crippen LogP contribution < -0.4 is 5.32 Å². The maximum Gasteiger partial charge on any atom is 0.255 e. The van der Waals surface area contributed by atoms with Gasteiger partial charge in [-0.15, -0.1) is 0 Å². The van der Waals surface area contributed by atoms with Crippen molar-refractivity contribution in [3.05, 3.63) is 107 Å². The fourth-order valence-electron chi connectivity index (χ4n) is 2.88. The van der Waals surface area contributed by atoms with E-state index in [-0.39, 0.29) is 5.91 Å². The van der Waals surface area contributed by atoms with Gasteiger partial charge in [0.25, 0.3) is 5.91 Å². The van der Waals surface area contributed by atoms with Crippen molar-refractivity contribution < 1.29 is 4.79 Å². The molecule has 1 N–H and O–H groups in total. The van der Waals surface area contributed by atoms with Crippen molar-refractivity contribution in [3.63, 3.8) is 0 Å². The summed E-state index contributed by atoms with van der Waals surface area (Å²) in [6.45, 7) is 0. The number of halogens is 1. The molecule has 28 heavy (non-hydrogen) atoms. The second kappa shape index (κ2) is 8.07. The van der Waals surface area contributed by atoms with E-state index in [2.05, 4.69) is 16.4 Å². The average molecular weight is 385 g/mol. The molecule has 4 aromatic rings. The van der Waals surface area contributed by atoms with Crippen molar-refractivity contribution >= 4 is 46.3 Å². The van der Waals surface area contributed by atoms with Crippen molar-refractivity contribution in [2.75, 3.05) is 5.32 Å². The molecular formula is C24H17ClN2O. The quantitative estimate of drug-likeness (QED) is 0.448. The number of para-hydroxylation sites is 1. The minimum absolute atomic E-state index is 0.172. The van der Waals surface area contributed by atoms with E-state index < -0.39 is 0 Å². The molecule has 4 heteroatoms. The number of amides is 1. The van der Waals surface area contributed by atoms with Crippen LogP contribution in [0.3, 0.4) is 0 Å². The molecule has 136 valence electrons. The van der Waals surface area contributed by atoms with Gasteiger partial charge in [-0.2, -0.15) is 0 Å². The van der Waals surface area contributed by atoms with Gasteiger partial charge < -0.3 is 5.32 Å². The molecule has 3 nitrogen and oxygen atoms in total. The van der Waals surface area contributed by atoms with E-state index in [1.165, 1.54) is 0 Å². The fourth-order valence-corrected chi connectivity index (χ4v) is 3.01. The zero-order valence-corrected chi connectivity index (χ0v) is 15.7. The highest BCUT2D eigenvalue weighted by Crippen LogP contribution is 2.17. The number of aromatic nitrogens is 1. The summed E-state index contributed by atoms with van der Waals surface area (Å²) >= 11 is 5.87. The Labute approximate surface area is 168 Å². The number of fused-ring (bicyclic) bond motifs is 1. The van der Waals surface area contributed by atoms with Gasteiger partial charge in [-0.05, 0) is 60.2 Å². The van der Waals surface area contributed by atoms with Gasteiger partial charge in [0.1, 0.15) is 0 Å². The molecule has 3 aromatic carbocycles. The Morgan fingerprint density at radius 2 is 1.68 bits per heavy atom. The topological polar surface area (TPSA) is 42.0 Å². The number of nitrogens with zero attached hydrogens (tertiary/aromatic N) is 1. The summed E-state index contributed by atoms with van der Waals surface area (Å²) in [5, 5.41) is 4.63. The Balaban J connectivity index is 1.50. The molecular weight excluding hydrogens is 368 g/mol. The van der Waals surface area contributed by atoms with Crippen LogP contribution in [0.25, 0.3) is 23.1 Å². The van der Waals surface area contributed by atoms with Gasteiger partial charge >= 0.3 is 0 Å². The van der Waals surface area contributed by atoms with Crippen molar-refractivity contribution in [3.8, 4) is 0 Å². The van der Waals surface area contributed by atoms with Crippen LogP contribution >= 0.6 is 11.6 Å². The maximum atomic E-state index is 12.4. The number of rotatable bonds is 4. The highest BCUT2D eigenvalue weighted by molar-refractivity contribution is 6.30. The highest BCUT2D eigenvalue weighted by atomic mass is 35.5. The number of carbonyl (C=O) groups excluding carboxylic acids is 1. The molecule has 0 saturated carbocycles. The Kier molecular flexibility index (Phi) is 5.18. The third kappa shape index (κ3) is 4.27. The molecule has 0 radical (unpaired) electrons. The summed E-state index contributed by atoms with van der Waals surface area (Å²) < 4.78 is 0. The van der Waals surface area contributed by atoms with Gasteiger partial charge in [-0.25, -0.2) is 4.98 Å². The van der Waals surface area contributed by atoms with Crippen LogP contribution in [0.1, 0.15) is 21.6 Å². The second-order valence-electron chi connectivity index (χ2n) is 6.35. The summed E-state index contributed by atoms with van der Waals surface area (Å²) in [6, 6.07) is 26.6. The molecule has 0 fully saturated rings. The molecule has 0 aliphatic heterocycles. The molecule has 0 spiro atoms. The standard InChI is InChI=1S/C24H17ClN2O/c25-20-12-9-19(10-13-20)24(28)27-22-6-3-4-17(16-22)8-14-21-15-11-18-5-1-2-7-23(18)26-21/h1-16H,(H,27,28)/b14-8+. The lowest BCUT2D eigenvalue weighted by atomic mass is 10.1. The molecule has 0 saturated heterocycles. The molecule has 0 aliphatic rings. The number of nitrogens with one attached hydrogen (secondary N) is 1. The van der Waals surface area contributed by atoms with Gasteiger partial charge in [-0.1, -0.05) is 54.1 Å². The highest BCUT2D eigenvalue weighted by Gasteiger charge is 2.06. The van der Waals surface area contributed by atoms with Gasteiger partial charge in [0, 0.05) is 21.7 Å². The summed E-state index contributed by atoms with van der Waals surface area (Å²) in [7, 11) is 0. The van der Waals surface area contributed by atoms with E-state index in [4.69, 9.17) is 11.6 Å². The van der Waals surface area contributed by atoms with E-state index in [0.717, 1.165) is 27.8 Å². The summed E-state index contributed by atoms with van der Waals surface area (Å²) in [4.78, 5) is 17.0. The summed E-state index contributed by atoms with van der Waals surface area (Å²) in [6.07, 6.45) is 3.95. The van der Waals surface area contributed by atoms with Crippen LogP contribution in [0.4, 0.5) is 5.69 Å². The SMILES string of the molecule is O=C(Nc1cccc(/C=C/c2ccc3ccccc3n2)c1)c1ccc(Cl)cc1. The molecule has 1 aromatic heterocycles. The molecule has 4 rings (SSSR count). The monoisotopic (exact) mass is 384 g/mol. The third-order valence-corrected chi connectivity index (χ3v) is 4.57. The second-order valence-corrected chi connectivity index (χ2v) is 6.79. The average Bonchev–Trinajstić information content (AvgIpc) is 2.73. The van der Waals surface area contributed by atoms with Crippen LogP contribution in [-0.4, -0.2) is 10.9 Å². The van der Waals surface area contributed by atoms with Crippen molar-refractivity contribution in [1.29, 1.82) is 0 Å². The van der Waals surface area contributed by atoms with Crippen LogP contribution in [-0.2, 0) is 0 Å². The molecule has 0 unspecified atom stereocenters. The van der Waals surface area contributed by atoms with E-state index in [1.54, 1.807) is 24.3 Å². The van der Waals surface area contributed by atoms with Crippen molar-refractivity contribution in [2.45, 2.75) is 0 Å². The first-order valence-electron chi connectivity index (χ1n) is 8.88. The number of pyridine rings is 1. The lowest BCUT2D eigenvalue weighted by molar-refractivity contribution is 0.102. The molecule has 0 bridgehead atoms. The lowest BCUT2D eigenvalue weighted by Gasteiger charge is -2.06. The van der Waals surface area contributed by atoms with Crippen molar-refractivity contribution in [1.82, 2.24) is 4.98 Å². The van der Waals surface area contributed by atoms with E-state index in [9.17, 15) is 4.79 Å². The molecule has 1 heterocycles. The number of benzene rings is 3. The molecule has 1 amide bonds. The molecule has 0 atom stereocenters. The predicted molar refractivity (Wildman–Crippen MR) is 117 cm³/mol. The Bertz CT molecular complexity index is 1170. The van der Waals surface area contributed by atoms with Gasteiger partial charge in [0.2, 0.25) is 0 Å². The smallest absolute Gasteiger partial charge is 0.255 e. The number of anilines is 1. The van der Waals surface area contributed by atoms with Crippen molar-refractivity contribution in [2.24, 2.45) is 0 Å². The van der Waals surface area contributed by atoms with Crippen LogP contribution in [0.2, 0.25) is 5.02 Å². The Morgan fingerprint density at radius 1 is 0.857 bits per heavy atom. The van der Waals surface area contributed by atoms with Crippen LogP contribution in [0, 0.1) is 0 Å². The Hall–Kier alpha value is -3.43. The normalized spacial score (nSPS) is 11.0. The van der Waals surface area contributed by atoms with E-state index in [0.29, 0.717) is 10.6 Å². The number of hydrogen-bond donors (Lipinski definition) is 1. The Morgan fingerprint density at radius 3 is 2.54 bits per heavy atom. The van der Waals surface area contributed by atoms with Gasteiger partial charge in [0.05, 0.1) is 11.2 Å². The lowest BCUT2D eigenvalue weighted by Crippen LogP contribution is -2.11. The zero-order valence-electron chi connectivity index (χ0n) is 15.0. The minimum atomic E-state index is -0.172. The number of carbonyl (C=O) groups is 1. The van der Waals surface area contributed by atoms with Gasteiger partial charge in [-0.3, -0.25) is 4.79 Å². The fraction of sp³-hybridized carbons (Fsp3) is 0. The minimum Gasteiger partial charge on any atom is -0.322 e. The summed E-state index contributed by atoms with van der Waals surface area (Å²) in [5.74, 6) is -0.172. The van der Waals surface area contributed by atoms with Crippen LogP contribution in [0.5, 0.6) is 0 Å². The van der Waals surface area contributed by atoms with Crippen LogP contribution in [0.15, 0.2) is 84.9 Å². The maximum absolute atomic E-state index is 12.4. The van der Waals surface area contributed by atoms with E-state index in [1.807, 2.05) is 66.7 Å². The van der Waals surface area contributed by atoms with Gasteiger partial charge in [0.15, 0.2) is 0 Å². The first-order valence-corrected chi connectivity index (χ1v) is 9.26.